The first-order valence-electron chi connectivity index (χ1n) is 12.1. The zero-order chi connectivity index (χ0) is 27.0. The minimum absolute atomic E-state index is 0.149. The van der Waals surface area contributed by atoms with Crippen molar-refractivity contribution in [1.29, 1.82) is 0 Å². The van der Waals surface area contributed by atoms with Gasteiger partial charge in [0.15, 0.2) is 5.69 Å². The zero-order valence-corrected chi connectivity index (χ0v) is 22.7. The van der Waals surface area contributed by atoms with Gasteiger partial charge in [-0.1, -0.05) is 17.3 Å². The van der Waals surface area contributed by atoms with Crippen LogP contribution < -0.4 is 5.32 Å². The molecule has 1 atom stereocenters. The highest BCUT2D eigenvalue weighted by atomic mass is 35.5. The van der Waals surface area contributed by atoms with Gasteiger partial charge in [-0.15, -0.1) is 5.10 Å². The molecule has 0 unspecified atom stereocenters. The average molecular weight is 526 g/mol. The number of rotatable bonds is 3. The Labute approximate surface area is 221 Å². The topological polar surface area (TPSA) is 115 Å². The molecule has 3 aromatic rings. The predicted octanol–water partition coefficient (Wildman–Crippen LogP) is 4.76. The van der Waals surface area contributed by atoms with E-state index in [1.54, 1.807) is 28.0 Å². The van der Waals surface area contributed by atoms with Gasteiger partial charge in [0.05, 0.1) is 23.5 Å². The van der Waals surface area contributed by atoms with E-state index < -0.39 is 11.7 Å². The summed E-state index contributed by atoms with van der Waals surface area (Å²) < 4.78 is 7.30. The fourth-order valence-corrected chi connectivity index (χ4v) is 4.17. The van der Waals surface area contributed by atoms with Crippen LogP contribution in [0.3, 0.4) is 0 Å². The van der Waals surface area contributed by atoms with Gasteiger partial charge in [-0.3, -0.25) is 4.79 Å². The molecule has 0 radical (unpaired) electrons. The number of carbonyl (C=O) groups is 2. The number of aromatic nitrogens is 5. The monoisotopic (exact) mass is 525 g/mol. The third-order valence-electron chi connectivity index (χ3n) is 5.86. The number of hydrogen-bond donors (Lipinski definition) is 1. The molecule has 1 N–H and O–H groups in total. The van der Waals surface area contributed by atoms with Crippen molar-refractivity contribution in [1.82, 2.24) is 35.2 Å². The Kier molecular flexibility index (Phi) is 7.23. The molecule has 1 aliphatic heterocycles. The summed E-state index contributed by atoms with van der Waals surface area (Å²) in [4.78, 5) is 36.0. The number of hydrogen-bond acceptors (Lipinski definition) is 7. The fraction of sp³-hybridized carbons (Fsp3) is 0.462. The SMILES string of the molecule is CC(C)(C)OC(=O)N1CC[C@@H](NC(=O)c2cn(C(C)(C)C)nn2)c2ccc(-c3ccnc(Cl)n3)cc2C1. The van der Waals surface area contributed by atoms with Crippen molar-refractivity contribution in [2.75, 3.05) is 6.54 Å². The third kappa shape index (κ3) is 6.43. The second-order valence-electron chi connectivity index (χ2n) is 11.1. The summed E-state index contributed by atoms with van der Waals surface area (Å²) in [7, 11) is 0. The van der Waals surface area contributed by atoms with E-state index in [9.17, 15) is 9.59 Å². The van der Waals surface area contributed by atoms with Crippen molar-refractivity contribution in [2.45, 2.75) is 71.7 Å². The Bertz CT molecular complexity index is 1310. The van der Waals surface area contributed by atoms with Crippen LogP contribution in [-0.4, -0.2) is 54.0 Å². The summed E-state index contributed by atoms with van der Waals surface area (Å²) in [6.07, 6.45) is 3.33. The molecule has 0 bridgehead atoms. The van der Waals surface area contributed by atoms with Crippen LogP contribution in [-0.2, 0) is 16.8 Å². The van der Waals surface area contributed by atoms with Crippen LogP contribution in [0, 0.1) is 0 Å². The van der Waals surface area contributed by atoms with Gasteiger partial charge >= 0.3 is 6.09 Å². The molecule has 10 nitrogen and oxygen atoms in total. The summed E-state index contributed by atoms with van der Waals surface area (Å²) >= 11 is 6.01. The Morgan fingerprint density at radius 2 is 1.89 bits per heavy atom. The van der Waals surface area contributed by atoms with Crippen LogP contribution in [0.4, 0.5) is 4.79 Å². The molecule has 2 aromatic heterocycles. The van der Waals surface area contributed by atoms with E-state index in [0.717, 1.165) is 16.7 Å². The van der Waals surface area contributed by atoms with Gasteiger partial charge in [0.2, 0.25) is 5.28 Å². The summed E-state index contributed by atoms with van der Waals surface area (Å²) in [6, 6.07) is 7.27. The van der Waals surface area contributed by atoms with Crippen LogP contribution >= 0.6 is 11.6 Å². The molecule has 0 aliphatic carbocycles. The number of amides is 2. The molecule has 1 aromatic carbocycles. The van der Waals surface area contributed by atoms with E-state index in [0.29, 0.717) is 25.2 Å². The molecule has 4 rings (SSSR count). The average Bonchev–Trinajstić information content (AvgIpc) is 3.24. The number of halogens is 1. The molecular weight excluding hydrogens is 494 g/mol. The second kappa shape index (κ2) is 10.1. The number of nitrogens with one attached hydrogen (secondary N) is 1. The fourth-order valence-electron chi connectivity index (χ4n) is 4.02. The maximum atomic E-state index is 13.1. The Morgan fingerprint density at radius 3 is 2.54 bits per heavy atom. The molecule has 196 valence electrons. The van der Waals surface area contributed by atoms with E-state index >= 15 is 0 Å². The number of ether oxygens (including phenoxy) is 1. The van der Waals surface area contributed by atoms with Gasteiger partial charge in [-0.2, -0.15) is 0 Å². The minimum Gasteiger partial charge on any atom is -0.444 e. The molecule has 2 amide bonds. The molecule has 0 fully saturated rings. The van der Waals surface area contributed by atoms with Gasteiger partial charge in [0.1, 0.15) is 5.60 Å². The molecule has 3 heterocycles. The third-order valence-corrected chi connectivity index (χ3v) is 6.04. The van der Waals surface area contributed by atoms with Gasteiger partial charge in [0, 0.05) is 24.8 Å². The highest BCUT2D eigenvalue weighted by Gasteiger charge is 2.30. The number of fused-ring (bicyclic) bond motifs is 1. The number of benzene rings is 1. The van der Waals surface area contributed by atoms with Gasteiger partial charge in [-0.25, -0.2) is 19.4 Å². The largest absolute Gasteiger partial charge is 0.444 e. The summed E-state index contributed by atoms with van der Waals surface area (Å²) in [6.45, 7) is 12.2. The summed E-state index contributed by atoms with van der Waals surface area (Å²) in [5.41, 5.74) is 2.58. The molecule has 37 heavy (non-hydrogen) atoms. The van der Waals surface area contributed by atoms with Gasteiger partial charge in [-0.05, 0) is 82.8 Å². The zero-order valence-electron chi connectivity index (χ0n) is 21.9. The van der Waals surface area contributed by atoms with Crippen LogP contribution in [0.25, 0.3) is 11.3 Å². The molecule has 11 heteroatoms. The highest BCUT2D eigenvalue weighted by Crippen LogP contribution is 2.31. The quantitative estimate of drug-likeness (QED) is 0.490. The number of nitrogens with zero attached hydrogens (tertiary/aromatic N) is 6. The molecule has 1 aliphatic rings. The van der Waals surface area contributed by atoms with Crippen molar-refractivity contribution in [3.8, 4) is 11.3 Å². The lowest BCUT2D eigenvalue weighted by atomic mass is 9.96. The van der Waals surface area contributed by atoms with Crippen LogP contribution in [0.15, 0.2) is 36.7 Å². The van der Waals surface area contributed by atoms with Crippen molar-refractivity contribution < 1.29 is 14.3 Å². The molecular formula is C26H32ClN7O3. The Balaban J connectivity index is 1.66. The van der Waals surface area contributed by atoms with E-state index in [4.69, 9.17) is 16.3 Å². The van der Waals surface area contributed by atoms with E-state index in [2.05, 4.69) is 25.6 Å². The lowest BCUT2D eigenvalue weighted by Gasteiger charge is -2.26. The summed E-state index contributed by atoms with van der Waals surface area (Å²) in [5, 5.41) is 11.4. The van der Waals surface area contributed by atoms with Crippen molar-refractivity contribution >= 4 is 23.6 Å². The standard InChI is InChI=1S/C26H32ClN7O3/c1-25(2,3)34-15-21(31-32-34)22(35)29-20-10-12-33(24(36)37-26(4,5)6)14-17-13-16(7-8-18(17)20)19-9-11-28-23(27)30-19/h7-9,11,13,15,20H,10,12,14H2,1-6H3,(H,29,35)/t20-/m1/s1. The van der Waals surface area contributed by atoms with Crippen LogP contribution in [0.2, 0.25) is 5.28 Å². The smallest absolute Gasteiger partial charge is 0.410 e. The van der Waals surface area contributed by atoms with Gasteiger partial charge < -0.3 is 15.0 Å². The van der Waals surface area contributed by atoms with E-state index in [1.807, 2.05) is 59.7 Å². The molecule has 0 saturated carbocycles. The highest BCUT2D eigenvalue weighted by molar-refractivity contribution is 6.28. The first-order chi connectivity index (χ1) is 17.3. The van der Waals surface area contributed by atoms with Crippen LogP contribution in [0.1, 0.15) is 75.6 Å². The molecule has 0 spiro atoms. The van der Waals surface area contributed by atoms with Gasteiger partial charge in [0.25, 0.3) is 5.91 Å². The second-order valence-corrected chi connectivity index (χ2v) is 11.4. The lowest BCUT2D eigenvalue weighted by Crippen LogP contribution is -2.37. The maximum Gasteiger partial charge on any atom is 0.410 e. The van der Waals surface area contributed by atoms with Crippen molar-refractivity contribution in [3.63, 3.8) is 0 Å². The minimum atomic E-state index is -0.627. The van der Waals surface area contributed by atoms with Crippen molar-refractivity contribution in [2.24, 2.45) is 0 Å². The normalized spacial score (nSPS) is 16.1. The predicted molar refractivity (Wildman–Crippen MR) is 139 cm³/mol. The van der Waals surface area contributed by atoms with E-state index in [-0.39, 0.29) is 28.5 Å². The first-order valence-corrected chi connectivity index (χ1v) is 12.5. The molecule has 0 saturated heterocycles. The first kappa shape index (κ1) is 26.5. The van der Waals surface area contributed by atoms with Crippen molar-refractivity contribution in [3.05, 3.63) is 58.8 Å². The van der Waals surface area contributed by atoms with Crippen LogP contribution in [0.5, 0.6) is 0 Å². The number of carbonyl (C=O) groups excluding carboxylic acids is 2. The maximum absolute atomic E-state index is 13.1. The lowest BCUT2D eigenvalue weighted by molar-refractivity contribution is 0.0234. The Morgan fingerprint density at radius 1 is 1.14 bits per heavy atom. The summed E-state index contributed by atoms with van der Waals surface area (Å²) in [5.74, 6) is -0.330. The van der Waals surface area contributed by atoms with E-state index in [1.165, 1.54) is 0 Å². The Hall–Kier alpha value is -3.53.